The van der Waals surface area contributed by atoms with Crippen LogP contribution < -0.4 is 10.7 Å². The maximum atomic E-state index is 13.2. The molecule has 0 aliphatic carbocycles. The van der Waals surface area contributed by atoms with Crippen molar-refractivity contribution in [1.82, 2.24) is 10.7 Å². The van der Waals surface area contributed by atoms with Crippen LogP contribution in [0.5, 0.6) is 0 Å². The predicted molar refractivity (Wildman–Crippen MR) is 112 cm³/mol. The zero-order valence-electron chi connectivity index (χ0n) is 15.8. The number of hydrazine groups is 1. The van der Waals surface area contributed by atoms with E-state index in [1.54, 1.807) is 17.0 Å². The molecule has 1 fully saturated rings. The first-order valence-electron chi connectivity index (χ1n) is 9.32. The lowest BCUT2D eigenvalue weighted by Crippen LogP contribution is -2.42. The molecular weight excluding hydrogens is 405 g/mol. The molecule has 0 unspecified atom stereocenters. The van der Waals surface area contributed by atoms with Gasteiger partial charge < -0.3 is 5.32 Å². The molecule has 0 bridgehead atoms. The Morgan fingerprint density at radius 3 is 2.37 bits per heavy atom. The molecule has 0 aromatic heterocycles. The number of rotatable bonds is 4. The van der Waals surface area contributed by atoms with Crippen molar-refractivity contribution in [2.45, 2.75) is 12.1 Å². The van der Waals surface area contributed by atoms with Gasteiger partial charge >= 0.3 is 5.91 Å². The van der Waals surface area contributed by atoms with Crippen LogP contribution in [-0.4, -0.2) is 28.8 Å². The quantitative estimate of drug-likeness (QED) is 0.632. The predicted octanol–water partition coefficient (Wildman–Crippen LogP) is 3.50. The van der Waals surface area contributed by atoms with Gasteiger partial charge in [0.15, 0.2) is 6.04 Å². The van der Waals surface area contributed by atoms with E-state index in [0.717, 1.165) is 11.1 Å². The molecule has 150 valence electrons. The minimum absolute atomic E-state index is 0.268. The van der Waals surface area contributed by atoms with Crippen molar-refractivity contribution in [3.63, 3.8) is 0 Å². The lowest BCUT2D eigenvalue weighted by atomic mass is 10.00. The Morgan fingerprint density at radius 2 is 1.67 bits per heavy atom. The second-order valence-electron chi connectivity index (χ2n) is 6.85. The van der Waals surface area contributed by atoms with E-state index in [4.69, 9.17) is 11.6 Å². The number of hydrogen-bond donors (Lipinski definition) is 2. The lowest BCUT2D eigenvalue weighted by Gasteiger charge is -2.14. The van der Waals surface area contributed by atoms with Gasteiger partial charge in [0.1, 0.15) is 5.82 Å². The Labute approximate surface area is 177 Å². The van der Waals surface area contributed by atoms with Crippen LogP contribution in [0.4, 0.5) is 4.39 Å². The van der Waals surface area contributed by atoms with Crippen LogP contribution in [0.2, 0.25) is 5.02 Å². The molecule has 2 N–H and O–H groups in total. The van der Waals surface area contributed by atoms with E-state index < -0.39 is 23.8 Å². The Morgan fingerprint density at radius 1 is 1.00 bits per heavy atom. The summed E-state index contributed by atoms with van der Waals surface area (Å²) in [4.78, 5) is 25.5. The maximum absolute atomic E-state index is 13.2. The van der Waals surface area contributed by atoms with E-state index >= 15 is 0 Å². The highest BCUT2D eigenvalue weighted by Gasteiger charge is 2.47. The third-order valence-electron chi connectivity index (χ3n) is 4.85. The summed E-state index contributed by atoms with van der Waals surface area (Å²) in [6.07, 6.45) is 1.74. The van der Waals surface area contributed by atoms with E-state index in [2.05, 4.69) is 10.7 Å². The molecule has 30 heavy (non-hydrogen) atoms. The minimum Gasteiger partial charge on any atom is -0.334 e. The fourth-order valence-electron chi connectivity index (χ4n) is 3.39. The van der Waals surface area contributed by atoms with Crippen LogP contribution in [0, 0.1) is 5.82 Å². The highest BCUT2D eigenvalue weighted by Crippen LogP contribution is 2.26. The minimum atomic E-state index is -0.858. The van der Waals surface area contributed by atoms with Gasteiger partial charge in [-0.1, -0.05) is 54.1 Å². The molecule has 4 rings (SSSR count). The molecule has 2 amide bonds. The molecule has 2 atom stereocenters. The fourth-order valence-corrected chi connectivity index (χ4v) is 3.57. The van der Waals surface area contributed by atoms with E-state index in [1.807, 2.05) is 48.5 Å². The number of amides is 2. The van der Waals surface area contributed by atoms with Crippen molar-refractivity contribution < 1.29 is 18.7 Å². The van der Waals surface area contributed by atoms with Crippen molar-refractivity contribution in [3.05, 3.63) is 106 Å². The smallest absolute Gasteiger partial charge is 0.304 e. The summed E-state index contributed by atoms with van der Waals surface area (Å²) < 4.78 is 14.8. The Balaban J connectivity index is 1.70. The van der Waals surface area contributed by atoms with E-state index in [9.17, 15) is 14.0 Å². The largest absolute Gasteiger partial charge is 0.334 e. The number of carbonyl (C=O) groups excluding carboxylic acids is 2. The van der Waals surface area contributed by atoms with Gasteiger partial charge in [0, 0.05) is 11.1 Å². The van der Waals surface area contributed by atoms with Crippen LogP contribution in [0.15, 0.2) is 78.9 Å². The summed E-state index contributed by atoms with van der Waals surface area (Å²) in [5.74, 6) is -1.26. The summed E-state index contributed by atoms with van der Waals surface area (Å²) in [6, 6.07) is 20.4. The summed E-state index contributed by atoms with van der Waals surface area (Å²) in [6.45, 7) is 0. The number of hydrazone groups is 1. The van der Waals surface area contributed by atoms with Gasteiger partial charge in [0.25, 0.3) is 5.91 Å². The third-order valence-corrected chi connectivity index (χ3v) is 5.20. The molecule has 3 aromatic carbocycles. The van der Waals surface area contributed by atoms with Gasteiger partial charge in [-0.05, 0) is 36.4 Å². The van der Waals surface area contributed by atoms with Crippen molar-refractivity contribution in [2.75, 3.05) is 0 Å². The number of benzene rings is 3. The van der Waals surface area contributed by atoms with Gasteiger partial charge in [-0.25, -0.2) is 4.39 Å². The molecule has 0 saturated carbocycles. The van der Waals surface area contributed by atoms with Crippen LogP contribution in [0.3, 0.4) is 0 Å². The molecule has 1 aliphatic heterocycles. The number of nitrogens with one attached hydrogen (secondary N) is 2. The summed E-state index contributed by atoms with van der Waals surface area (Å²) in [5, 5.41) is 3.31. The van der Waals surface area contributed by atoms with E-state index in [-0.39, 0.29) is 11.5 Å². The molecule has 3 aromatic rings. The second-order valence-corrected chi connectivity index (χ2v) is 7.25. The molecule has 7 heteroatoms. The summed E-state index contributed by atoms with van der Waals surface area (Å²) in [5.41, 5.74) is 4.63. The molecular formula is C23H18ClFN3O2+. The first kappa shape index (κ1) is 19.8. The number of halogens is 2. The van der Waals surface area contributed by atoms with Crippen LogP contribution in [0.25, 0.3) is 0 Å². The average Bonchev–Trinajstić information content (AvgIpc) is 3.05. The second kappa shape index (κ2) is 8.47. The summed E-state index contributed by atoms with van der Waals surface area (Å²) >= 11 is 6.28. The molecule has 0 spiro atoms. The van der Waals surface area contributed by atoms with Crippen LogP contribution in [-0.2, 0) is 4.79 Å². The third kappa shape index (κ3) is 4.09. The van der Waals surface area contributed by atoms with Crippen molar-refractivity contribution in [3.8, 4) is 0 Å². The molecule has 0 radical (unpaired) electrons. The summed E-state index contributed by atoms with van der Waals surface area (Å²) in [7, 11) is 0. The zero-order valence-corrected chi connectivity index (χ0v) is 16.5. The monoisotopic (exact) mass is 422 g/mol. The number of hydrogen-bond acceptors (Lipinski definition) is 2. The molecule has 1 aliphatic rings. The van der Waals surface area contributed by atoms with Gasteiger partial charge in [0.2, 0.25) is 12.3 Å². The Bertz CT molecular complexity index is 1120. The van der Waals surface area contributed by atoms with Gasteiger partial charge in [-0.15, -0.1) is 10.1 Å². The highest BCUT2D eigenvalue weighted by atomic mass is 35.5. The topological polar surface area (TPSA) is 61.2 Å². The first-order valence-corrected chi connectivity index (χ1v) is 9.70. The number of carbonyl (C=O) groups is 2. The highest BCUT2D eigenvalue weighted by molar-refractivity contribution is 6.32. The van der Waals surface area contributed by atoms with E-state index in [0.29, 0.717) is 5.02 Å². The maximum Gasteiger partial charge on any atom is 0.304 e. The van der Waals surface area contributed by atoms with Crippen molar-refractivity contribution >= 4 is 29.6 Å². The average molecular weight is 423 g/mol. The fraction of sp³-hybridized carbons (Fsp3) is 0.0870. The first-order chi connectivity index (χ1) is 14.5. The normalized spacial score (nSPS) is 19.5. The Hall–Kier alpha value is -3.51. The Kier molecular flexibility index (Phi) is 5.59. The van der Waals surface area contributed by atoms with Gasteiger partial charge in [-0.3, -0.25) is 9.59 Å². The lowest BCUT2D eigenvalue weighted by molar-refractivity contribution is -0.596. The van der Waals surface area contributed by atoms with Gasteiger partial charge in [-0.2, -0.15) is 0 Å². The standard InChI is InChI=1S/C23H17ClFN3O2/c24-19-9-5-4-8-17(19)14-28-21(15-6-2-1-3-7-15)20(23(30)27-28)26-22(29)16-10-12-18(25)13-11-16/h1-14,20-21H,(H-,26,27,29,30)/p+1/b28-14-/t20-,21-/m0/s1. The molecule has 1 heterocycles. The van der Waals surface area contributed by atoms with E-state index in [1.165, 1.54) is 24.3 Å². The van der Waals surface area contributed by atoms with Crippen LogP contribution in [0.1, 0.15) is 27.5 Å². The molecule has 5 nitrogen and oxygen atoms in total. The van der Waals surface area contributed by atoms with Gasteiger partial charge in [0.05, 0.1) is 10.6 Å². The van der Waals surface area contributed by atoms with Crippen molar-refractivity contribution in [2.24, 2.45) is 0 Å². The SMILES string of the molecule is O=C(N[C@@H]1C(=O)N/[N+](=C\c2ccccc2Cl)[C@H]1c1ccccc1)c1ccc(F)cc1. The zero-order chi connectivity index (χ0) is 21.1. The van der Waals surface area contributed by atoms with Crippen molar-refractivity contribution in [1.29, 1.82) is 0 Å². The number of nitrogens with zero attached hydrogens (tertiary/aromatic N) is 1. The van der Waals surface area contributed by atoms with Crippen LogP contribution >= 0.6 is 11.6 Å². The molecule has 1 saturated heterocycles.